The Hall–Kier alpha value is -2.09. The molecule has 0 saturated carbocycles. The van der Waals surface area contributed by atoms with Crippen molar-refractivity contribution in [2.24, 2.45) is 0 Å². The molecule has 8 heteroatoms. The summed E-state index contributed by atoms with van der Waals surface area (Å²) in [5.41, 5.74) is 0.790. The van der Waals surface area contributed by atoms with Crippen molar-refractivity contribution in [1.29, 1.82) is 0 Å². The summed E-state index contributed by atoms with van der Waals surface area (Å²) in [6.45, 7) is 1.25. The molecule has 1 fully saturated rings. The Bertz CT molecular complexity index is 671. The van der Waals surface area contributed by atoms with Crippen LogP contribution >= 0.6 is 11.8 Å². The van der Waals surface area contributed by atoms with E-state index in [-0.39, 0.29) is 17.7 Å². The predicted octanol–water partition coefficient (Wildman–Crippen LogP) is 0.557. The summed E-state index contributed by atoms with van der Waals surface area (Å²) >= 11 is 1.26. The highest BCUT2D eigenvalue weighted by Crippen LogP contribution is 2.16. The van der Waals surface area contributed by atoms with Gasteiger partial charge in [-0.2, -0.15) is 0 Å². The Morgan fingerprint density at radius 2 is 2.29 bits per heavy atom. The van der Waals surface area contributed by atoms with E-state index in [0.717, 1.165) is 17.2 Å². The van der Waals surface area contributed by atoms with Crippen molar-refractivity contribution in [3.05, 3.63) is 30.2 Å². The minimum absolute atomic E-state index is 0.0198. The number of nitrogens with one attached hydrogen (secondary N) is 1. The van der Waals surface area contributed by atoms with E-state index in [1.807, 2.05) is 28.8 Å². The van der Waals surface area contributed by atoms with E-state index in [2.05, 4.69) is 15.5 Å². The molecule has 1 N–H and O–H groups in total. The summed E-state index contributed by atoms with van der Waals surface area (Å²) in [5.74, 6) is 1.43. The first-order valence-electron chi connectivity index (χ1n) is 6.71. The Morgan fingerprint density at radius 1 is 1.38 bits per heavy atom. The topological polar surface area (TPSA) is 79.6 Å². The van der Waals surface area contributed by atoms with Crippen LogP contribution < -0.4 is 5.32 Å². The molecule has 110 valence electrons. The van der Waals surface area contributed by atoms with Crippen molar-refractivity contribution in [3.8, 4) is 0 Å². The van der Waals surface area contributed by atoms with Gasteiger partial charge in [0.05, 0.1) is 0 Å². The second kappa shape index (κ2) is 6.13. The summed E-state index contributed by atoms with van der Waals surface area (Å²) in [6, 6.07) is 5.70. The summed E-state index contributed by atoms with van der Waals surface area (Å²) in [6.07, 6.45) is 2.49. The fourth-order valence-corrected chi connectivity index (χ4v) is 3.00. The maximum atomic E-state index is 11.8. The highest BCUT2D eigenvalue weighted by molar-refractivity contribution is 8.13. The van der Waals surface area contributed by atoms with Gasteiger partial charge < -0.3 is 10.2 Å². The summed E-state index contributed by atoms with van der Waals surface area (Å²) in [7, 11) is 0. The SMILES string of the molecule is O=C(CN1CCSC1=O)NCCc1nnc2ccccn12. The third-order valence-electron chi connectivity index (χ3n) is 3.23. The maximum Gasteiger partial charge on any atom is 0.282 e. The van der Waals surface area contributed by atoms with Crippen LogP contribution in [0, 0.1) is 0 Å². The molecular formula is C13H15N5O2S. The molecule has 0 aromatic carbocycles. The van der Waals surface area contributed by atoms with Gasteiger partial charge in [-0.25, -0.2) is 0 Å². The first-order valence-corrected chi connectivity index (χ1v) is 7.69. The third-order valence-corrected chi connectivity index (χ3v) is 4.13. The van der Waals surface area contributed by atoms with Crippen LogP contribution in [-0.2, 0) is 11.2 Å². The molecule has 21 heavy (non-hydrogen) atoms. The number of carbonyl (C=O) groups is 2. The largest absolute Gasteiger partial charge is 0.354 e. The number of fused-ring (bicyclic) bond motifs is 1. The fourth-order valence-electron chi connectivity index (χ4n) is 2.17. The van der Waals surface area contributed by atoms with E-state index in [1.54, 1.807) is 4.90 Å². The van der Waals surface area contributed by atoms with Gasteiger partial charge in [-0.15, -0.1) is 10.2 Å². The van der Waals surface area contributed by atoms with Crippen molar-refractivity contribution < 1.29 is 9.59 Å². The number of amides is 2. The van der Waals surface area contributed by atoms with Gasteiger partial charge in [0.1, 0.15) is 12.4 Å². The Morgan fingerprint density at radius 3 is 3.10 bits per heavy atom. The monoisotopic (exact) mass is 305 g/mol. The molecule has 0 aliphatic carbocycles. The Balaban J connectivity index is 1.49. The van der Waals surface area contributed by atoms with Crippen LogP contribution in [0.5, 0.6) is 0 Å². The van der Waals surface area contributed by atoms with E-state index in [0.29, 0.717) is 19.5 Å². The highest BCUT2D eigenvalue weighted by atomic mass is 32.2. The molecule has 0 bridgehead atoms. The highest BCUT2D eigenvalue weighted by Gasteiger charge is 2.22. The molecule has 2 aromatic heterocycles. The van der Waals surface area contributed by atoms with Crippen LogP contribution in [0.1, 0.15) is 5.82 Å². The maximum absolute atomic E-state index is 11.8. The summed E-state index contributed by atoms with van der Waals surface area (Å²) < 4.78 is 1.90. The van der Waals surface area contributed by atoms with E-state index >= 15 is 0 Å². The second-order valence-electron chi connectivity index (χ2n) is 4.68. The van der Waals surface area contributed by atoms with Gasteiger partial charge in [0, 0.05) is 31.5 Å². The van der Waals surface area contributed by atoms with Crippen LogP contribution in [-0.4, -0.2) is 56.0 Å². The van der Waals surface area contributed by atoms with Crippen LogP contribution in [0.4, 0.5) is 4.79 Å². The third kappa shape index (κ3) is 3.15. The molecule has 3 heterocycles. The minimum atomic E-state index is -0.139. The minimum Gasteiger partial charge on any atom is -0.354 e. The van der Waals surface area contributed by atoms with Crippen LogP contribution in [0.25, 0.3) is 5.65 Å². The molecular weight excluding hydrogens is 290 g/mol. The van der Waals surface area contributed by atoms with Gasteiger partial charge in [0.15, 0.2) is 5.65 Å². The van der Waals surface area contributed by atoms with Gasteiger partial charge in [-0.05, 0) is 12.1 Å². The Labute approximate surface area is 125 Å². The number of carbonyl (C=O) groups excluding carboxylic acids is 2. The van der Waals surface area contributed by atoms with Gasteiger partial charge in [-0.3, -0.25) is 14.0 Å². The van der Waals surface area contributed by atoms with E-state index in [9.17, 15) is 9.59 Å². The number of rotatable bonds is 5. The molecule has 1 aliphatic heterocycles. The zero-order valence-electron chi connectivity index (χ0n) is 11.4. The van der Waals surface area contributed by atoms with Crippen LogP contribution in [0.3, 0.4) is 0 Å². The van der Waals surface area contributed by atoms with Crippen LogP contribution in [0.15, 0.2) is 24.4 Å². The second-order valence-corrected chi connectivity index (χ2v) is 5.73. The zero-order valence-corrected chi connectivity index (χ0v) is 12.2. The first kappa shape index (κ1) is 13.9. The number of pyridine rings is 1. The fraction of sp³-hybridized carbons (Fsp3) is 0.385. The average Bonchev–Trinajstić information content (AvgIpc) is 3.07. The van der Waals surface area contributed by atoms with Gasteiger partial charge in [0.25, 0.3) is 5.24 Å². The van der Waals surface area contributed by atoms with Crippen LogP contribution in [0.2, 0.25) is 0 Å². The molecule has 3 rings (SSSR count). The number of hydrogen-bond acceptors (Lipinski definition) is 5. The van der Waals surface area contributed by atoms with Crippen molar-refractivity contribution in [2.75, 3.05) is 25.4 Å². The zero-order chi connectivity index (χ0) is 14.7. The molecule has 0 radical (unpaired) electrons. The first-order chi connectivity index (χ1) is 10.2. The quantitative estimate of drug-likeness (QED) is 0.873. The van der Waals surface area contributed by atoms with Crippen molar-refractivity contribution >= 4 is 28.6 Å². The van der Waals surface area contributed by atoms with Crippen molar-refractivity contribution in [3.63, 3.8) is 0 Å². The molecule has 0 atom stereocenters. The van der Waals surface area contributed by atoms with Gasteiger partial charge in [0.2, 0.25) is 5.91 Å². The van der Waals surface area contributed by atoms with Gasteiger partial charge >= 0.3 is 0 Å². The van der Waals surface area contributed by atoms with E-state index in [1.165, 1.54) is 11.8 Å². The molecule has 7 nitrogen and oxygen atoms in total. The molecule has 0 unspecified atom stereocenters. The van der Waals surface area contributed by atoms with Crippen molar-refractivity contribution in [2.45, 2.75) is 6.42 Å². The lowest BCUT2D eigenvalue weighted by molar-refractivity contribution is -0.121. The number of hydrogen-bond donors (Lipinski definition) is 1. The molecule has 2 amide bonds. The lowest BCUT2D eigenvalue weighted by atomic mass is 10.3. The average molecular weight is 305 g/mol. The summed E-state index contributed by atoms with van der Waals surface area (Å²) in [4.78, 5) is 24.7. The molecule has 2 aromatic rings. The standard InChI is InChI=1S/C13H15N5O2S/c19-12(9-17-7-8-21-13(17)20)14-5-4-11-16-15-10-3-1-2-6-18(10)11/h1-3,6H,4-5,7-9H2,(H,14,19). The number of thioether (sulfide) groups is 1. The molecule has 1 saturated heterocycles. The summed E-state index contributed by atoms with van der Waals surface area (Å²) in [5, 5.41) is 10.9. The lowest BCUT2D eigenvalue weighted by Gasteiger charge is -2.13. The van der Waals surface area contributed by atoms with Crippen molar-refractivity contribution in [1.82, 2.24) is 24.8 Å². The predicted molar refractivity (Wildman–Crippen MR) is 79.1 cm³/mol. The number of nitrogens with zero attached hydrogens (tertiary/aromatic N) is 4. The van der Waals surface area contributed by atoms with E-state index in [4.69, 9.17) is 0 Å². The molecule has 0 spiro atoms. The smallest absolute Gasteiger partial charge is 0.282 e. The van der Waals surface area contributed by atoms with Gasteiger partial charge in [-0.1, -0.05) is 17.8 Å². The normalized spacial score (nSPS) is 14.9. The molecule has 1 aliphatic rings. The number of aromatic nitrogens is 3. The lowest BCUT2D eigenvalue weighted by Crippen LogP contribution is -2.38. The Kier molecular flexibility index (Phi) is 4.05. The van der Waals surface area contributed by atoms with E-state index < -0.39 is 0 Å².